The Morgan fingerprint density at radius 2 is 2.15 bits per heavy atom. The molecule has 3 rings (SSSR count). The van der Waals surface area contributed by atoms with Crippen molar-refractivity contribution in [3.05, 3.63) is 47.0 Å². The summed E-state index contributed by atoms with van der Waals surface area (Å²) in [6.07, 6.45) is 4.63. The molecule has 0 bridgehead atoms. The lowest BCUT2D eigenvalue weighted by atomic mass is 10.2. The maximum absolute atomic E-state index is 11.5. The lowest BCUT2D eigenvalue weighted by Crippen LogP contribution is -2.08. The van der Waals surface area contributed by atoms with Crippen molar-refractivity contribution in [2.45, 2.75) is 0 Å². The molecule has 0 amide bonds. The molecule has 0 saturated carbocycles. The van der Waals surface area contributed by atoms with E-state index in [9.17, 15) is 4.79 Å². The highest BCUT2D eigenvalue weighted by molar-refractivity contribution is 9.10. The minimum Gasteiger partial charge on any atom is -0.464 e. The van der Waals surface area contributed by atoms with E-state index in [-0.39, 0.29) is 5.69 Å². The molecule has 0 atom stereocenters. The zero-order valence-corrected chi connectivity index (χ0v) is 12.0. The third-order valence-corrected chi connectivity index (χ3v) is 3.26. The highest BCUT2D eigenvalue weighted by Crippen LogP contribution is 2.21. The van der Waals surface area contributed by atoms with Crippen LogP contribution in [0.25, 0.3) is 16.7 Å². The zero-order chi connectivity index (χ0) is 14.1. The minimum absolute atomic E-state index is 0.142. The number of carbonyl (C=O) groups excluding carboxylic acids is 1. The van der Waals surface area contributed by atoms with Crippen molar-refractivity contribution in [3.63, 3.8) is 0 Å². The van der Waals surface area contributed by atoms with Crippen molar-refractivity contribution in [2.24, 2.45) is 0 Å². The Balaban J connectivity index is 2.16. The molecule has 7 heteroatoms. The van der Waals surface area contributed by atoms with Gasteiger partial charge in [0.05, 0.1) is 31.2 Å². The summed E-state index contributed by atoms with van der Waals surface area (Å²) in [5.74, 6) is -0.0713. The quantitative estimate of drug-likeness (QED) is 0.674. The second-order valence-corrected chi connectivity index (χ2v) is 4.93. The Kier molecular flexibility index (Phi) is 3.19. The predicted octanol–water partition coefficient (Wildman–Crippen LogP) is 2.36. The summed E-state index contributed by atoms with van der Waals surface area (Å²) < 4.78 is 7.20. The summed E-state index contributed by atoms with van der Waals surface area (Å²) in [5, 5.41) is 5.24. The van der Waals surface area contributed by atoms with Crippen LogP contribution in [-0.2, 0) is 4.74 Å². The SMILES string of the molecule is COC(=O)c1cncc(-n2ncc3ccc(Br)cc32)n1. The first-order valence-corrected chi connectivity index (χ1v) is 6.52. The second kappa shape index (κ2) is 5.01. The molecule has 20 heavy (non-hydrogen) atoms. The monoisotopic (exact) mass is 332 g/mol. The van der Waals surface area contributed by atoms with Crippen LogP contribution in [0.5, 0.6) is 0 Å². The molecule has 3 aromatic rings. The molecule has 0 saturated heterocycles. The van der Waals surface area contributed by atoms with Crippen LogP contribution in [0.4, 0.5) is 0 Å². The Hall–Kier alpha value is -2.28. The van der Waals surface area contributed by atoms with E-state index in [2.05, 4.69) is 35.7 Å². The first-order chi connectivity index (χ1) is 9.69. The van der Waals surface area contributed by atoms with Gasteiger partial charge in [0.25, 0.3) is 0 Å². The third kappa shape index (κ3) is 2.16. The number of hydrogen-bond acceptors (Lipinski definition) is 5. The lowest BCUT2D eigenvalue weighted by molar-refractivity contribution is 0.0593. The van der Waals surface area contributed by atoms with Gasteiger partial charge in [-0.2, -0.15) is 5.10 Å². The van der Waals surface area contributed by atoms with E-state index in [0.29, 0.717) is 5.82 Å². The van der Waals surface area contributed by atoms with Crippen LogP contribution >= 0.6 is 15.9 Å². The van der Waals surface area contributed by atoms with Gasteiger partial charge in [-0.3, -0.25) is 4.98 Å². The molecule has 6 nitrogen and oxygen atoms in total. The van der Waals surface area contributed by atoms with Crippen LogP contribution in [-0.4, -0.2) is 32.8 Å². The topological polar surface area (TPSA) is 69.9 Å². The molecule has 0 N–H and O–H groups in total. The first kappa shape index (κ1) is 12.7. The molecule has 2 aromatic heterocycles. The Morgan fingerprint density at radius 1 is 1.30 bits per heavy atom. The van der Waals surface area contributed by atoms with Gasteiger partial charge in [-0.15, -0.1) is 0 Å². The number of aromatic nitrogens is 4. The minimum atomic E-state index is -0.531. The number of benzene rings is 1. The molecule has 0 aliphatic heterocycles. The third-order valence-electron chi connectivity index (χ3n) is 2.77. The maximum Gasteiger partial charge on any atom is 0.358 e. The van der Waals surface area contributed by atoms with Gasteiger partial charge in [-0.25, -0.2) is 14.5 Å². The number of ether oxygens (including phenoxy) is 1. The van der Waals surface area contributed by atoms with Crippen molar-refractivity contribution in [1.82, 2.24) is 19.7 Å². The number of nitrogens with zero attached hydrogens (tertiary/aromatic N) is 4. The molecule has 1 aromatic carbocycles. The van der Waals surface area contributed by atoms with E-state index in [4.69, 9.17) is 0 Å². The standard InChI is InChI=1S/C13H9BrN4O2/c1-20-13(19)10-6-15-7-12(17-10)18-11-4-9(14)3-2-8(11)5-16-18/h2-7H,1H3. The van der Waals surface area contributed by atoms with E-state index < -0.39 is 5.97 Å². The molecule has 0 unspecified atom stereocenters. The molecule has 0 aliphatic rings. The van der Waals surface area contributed by atoms with Crippen LogP contribution in [0.2, 0.25) is 0 Å². The molecular weight excluding hydrogens is 324 g/mol. The van der Waals surface area contributed by atoms with E-state index in [0.717, 1.165) is 15.4 Å². The van der Waals surface area contributed by atoms with Crippen LogP contribution in [0.3, 0.4) is 0 Å². The fourth-order valence-electron chi connectivity index (χ4n) is 1.83. The smallest absolute Gasteiger partial charge is 0.358 e. The highest BCUT2D eigenvalue weighted by atomic mass is 79.9. The second-order valence-electron chi connectivity index (χ2n) is 4.01. The lowest BCUT2D eigenvalue weighted by Gasteiger charge is -2.04. The van der Waals surface area contributed by atoms with Crippen LogP contribution in [0.1, 0.15) is 10.5 Å². The van der Waals surface area contributed by atoms with Crippen LogP contribution < -0.4 is 0 Å². The van der Waals surface area contributed by atoms with Gasteiger partial charge < -0.3 is 4.74 Å². The summed E-state index contributed by atoms with van der Waals surface area (Å²) in [5.41, 5.74) is 1.01. The molecule has 2 heterocycles. The number of hydrogen-bond donors (Lipinski definition) is 0. The van der Waals surface area contributed by atoms with Gasteiger partial charge in [-0.05, 0) is 12.1 Å². The summed E-state index contributed by atoms with van der Waals surface area (Å²) in [4.78, 5) is 19.7. The largest absolute Gasteiger partial charge is 0.464 e. The van der Waals surface area contributed by atoms with Gasteiger partial charge in [0, 0.05) is 9.86 Å². The van der Waals surface area contributed by atoms with E-state index in [1.807, 2.05) is 18.2 Å². The van der Waals surface area contributed by atoms with Crippen LogP contribution in [0, 0.1) is 0 Å². The van der Waals surface area contributed by atoms with Gasteiger partial charge in [0.2, 0.25) is 0 Å². The fraction of sp³-hybridized carbons (Fsp3) is 0.0769. The molecule has 0 radical (unpaired) electrons. The number of carbonyl (C=O) groups is 1. The molecule has 0 spiro atoms. The Labute approximate surface area is 122 Å². The maximum atomic E-state index is 11.5. The molecular formula is C13H9BrN4O2. The molecule has 100 valence electrons. The number of methoxy groups -OCH3 is 1. The van der Waals surface area contributed by atoms with Gasteiger partial charge in [-0.1, -0.05) is 22.0 Å². The summed E-state index contributed by atoms with van der Waals surface area (Å²) >= 11 is 3.42. The van der Waals surface area contributed by atoms with Crippen molar-refractivity contribution in [1.29, 1.82) is 0 Å². The highest BCUT2D eigenvalue weighted by Gasteiger charge is 2.12. The average Bonchev–Trinajstić information content (AvgIpc) is 2.89. The van der Waals surface area contributed by atoms with Crippen LogP contribution in [0.15, 0.2) is 41.3 Å². The van der Waals surface area contributed by atoms with Gasteiger partial charge >= 0.3 is 5.97 Å². The first-order valence-electron chi connectivity index (χ1n) is 5.73. The summed E-state index contributed by atoms with van der Waals surface area (Å²) in [7, 11) is 1.30. The number of halogens is 1. The van der Waals surface area contributed by atoms with Crippen molar-refractivity contribution < 1.29 is 9.53 Å². The number of esters is 1. The Bertz CT molecular complexity index is 800. The van der Waals surface area contributed by atoms with Crippen molar-refractivity contribution in [3.8, 4) is 5.82 Å². The van der Waals surface area contributed by atoms with Crippen molar-refractivity contribution in [2.75, 3.05) is 7.11 Å². The zero-order valence-electron chi connectivity index (χ0n) is 10.4. The number of fused-ring (bicyclic) bond motifs is 1. The van der Waals surface area contributed by atoms with Gasteiger partial charge in [0.15, 0.2) is 11.5 Å². The van der Waals surface area contributed by atoms with Crippen molar-refractivity contribution >= 4 is 32.8 Å². The van der Waals surface area contributed by atoms with E-state index in [1.54, 1.807) is 17.1 Å². The van der Waals surface area contributed by atoms with E-state index >= 15 is 0 Å². The van der Waals surface area contributed by atoms with Gasteiger partial charge in [0.1, 0.15) is 0 Å². The number of rotatable bonds is 2. The predicted molar refractivity (Wildman–Crippen MR) is 75.7 cm³/mol. The average molecular weight is 333 g/mol. The molecule has 0 aliphatic carbocycles. The van der Waals surface area contributed by atoms with E-state index in [1.165, 1.54) is 13.3 Å². The molecule has 0 fully saturated rings. The normalized spacial score (nSPS) is 10.7. The summed E-state index contributed by atoms with van der Waals surface area (Å²) in [6, 6.07) is 5.81. The Morgan fingerprint density at radius 3 is 2.95 bits per heavy atom. The summed E-state index contributed by atoms with van der Waals surface area (Å²) in [6.45, 7) is 0. The fourth-order valence-corrected chi connectivity index (χ4v) is 2.18.